The van der Waals surface area contributed by atoms with Crippen molar-refractivity contribution in [3.63, 3.8) is 0 Å². The number of hydrogen-bond donors (Lipinski definition) is 3. The van der Waals surface area contributed by atoms with Gasteiger partial charge in [0.15, 0.2) is 5.82 Å². The zero-order valence-electron chi connectivity index (χ0n) is 12.3. The molecule has 0 atom stereocenters. The fourth-order valence-corrected chi connectivity index (χ4v) is 3.35. The second kappa shape index (κ2) is 6.28. The van der Waals surface area contributed by atoms with E-state index in [1.807, 2.05) is 0 Å². The number of ketones is 1. The topological polar surface area (TPSA) is 142 Å². The number of H-pyrrole nitrogens is 2. The number of halogens is 1. The molecule has 0 saturated heterocycles. The summed E-state index contributed by atoms with van der Waals surface area (Å²) in [4.78, 5) is 15.0. The Morgan fingerprint density at radius 3 is 2.52 bits per heavy atom. The molecular formula is C14H10FN5O4S. The number of nitrogens with zero attached hydrogens (tertiary/aromatic N) is 3. The molecule has 0 amide bonds. The minimum atomic E-state index is -4.09. The van der Waals surface area contributed by atoms with Crippen LogP contribution in [-0.4, -0.2) is 44.7 Å². The molecular weight excluding hydrogens is 353 g/mol. The number of carbonyl (C=O) groups is 1. The third kappa shape index (κ3) is 3.17. The molecule has 3 rings (SSSR count). The van der Waals surface area contributed by atoms with Gasteiger partial charge in [0, 0.05) is 6.08 Å². The van der Waals surface area contributed by atoms with Gasteiger partial charge in [-0.15, -0.1) is 0 Å². The molecule has 3 N–H and O–H groups in total. The molecule has 1 aromatic carbocycles. The maximum atomic E-state index is 13.0. The summed E-state index contributed by atoms with van der Waals surface area (Å²) in [6, 6.07) is 4.16. The number of hydrogen-bond acceptors (Lipinski definition) is 7. The molecule has 25 heavy (non-hydrogen) atoms. The third-order valence-electron chi connectivity index (χ3n) is 3.19. The molecule has 0 spiro atoms. The maximum Gasteiger partial charge on any atom is 0.226 e. The van der Waals surface area contributed by atoms with E-state index >= 15 is 0 Å². The monoisotopic (exact) mass is 363 g/mol. The van der Waals surface area contributed by atoms with Gasteiger partial charge in [0.1, 0.15) is 28.5 Å². The molecule has 9 nitrogen and oxygen atoms in total. The van der Waals surface area contributed by atoms with Crippen molar-refractivity contribution in [2.45, 2.75) is 9.79 Å². The van der Waals surface area contributed by atoms with Crippen molar-refractivity contribution in [3.8, 4) is 0 Å². The van der Waals surface area contributed by atoms with Crippen LogP contribution in [0.4, 0.5) is 4.39 Å². The minimum absolute atomic E-state index is 0.131. The molecule has 2 aromatic heterocycles. The summed E-state index contributed by atoms with van der Waals surface area (Å²) in [5.41, 5.74) is -0.280. The zero-order valence-corrected chi connectivity index (χ0v) is 13.2. The molecule has 0 aliphatic carbocycles. The van der Waals surface area contributed by atoms with E-state index in [1.165, 1.54) is 0 Å². The highest BCUT2D eigenvalue weighted by Crippen LogP contribution is 2.26. The fraction of sp³-hybridized carbons (Fsp3) is 0. The van der Waals surface area contributed by atoms with E-state index in [4.69, 9.17) is 0 Å². The van der Waals surface area contributed by atoms with Crippen LogP contribution in [0.25, 0.3) is 5.76 Å². The second-order valence-corrected chi connectivity index (χ2v) is 6.71. The Balaban J connectivity index is 2.00. The normalized spacial score (nSPS) is 12.3. The first kappa shape index (κ1) is 16.5. The Morgan fingerprint density at radius 1 is 1.16 bits per heavy atom. The number of benzene rings is 1. The molecule has 0 unspecified atom stereocenters. The number of nitrogens with one attached hydrogen (secondary N) is 2. The van der Waals surface area contributed by atoms with Crippen molar-refractivity contribution in [2.75, 3.05) is 0 Å². The molecule has 0 aliphatic heterocycles. The van der Waals surface area contributed by atoms with Gasteiger partial charge in [0.2, 0.25) is 15.6 Å². The quantitative estimate of drug-likeness (QED) is 0.268. The van der Waals surface area contributed by atoms with Gasteiger partial charge < -0.3 is 5.11 Å². The van der Waals surface area contributed by atoms with Crippen molar-refractivity contribution in [1.82, 2.24) is 25.4 Å². The second-order valence-electron chi connectivity index (χ2n) is 4.79. The van der Waals surface area contributed by atoms with Gasteiger partial charge in [-0.05, 0) is 24.3 Å². The Labute approximate surface area is 140 Å². The zero-order chi connectivity index (χ0) is 18.0. The smallest absolute Gasteiger partial charge is 0.226 e. The van der Waals surface area contributed by atoms with Gasteiger partial charge in [-0.25, -0.2) is 17.8 Å². The van der Waals surface area contributed by atoms with E-state index in [-0.39, 0.29) is 21.3 Å². The van der Waals surface area contributed by atoms with Crippen LogP contribution in [0.2, 0.25) is 0 Å². The summed E-state index contributed by atoms with van der Waals surface area (Å²) in [5, 5.41) is 21.8. The number of sulfone groups is 1. The molecule has 0 fully saturated rings. The lowest BCUT2D eigenvalue weighted by molar-refractivity contribution is 0.103. The minimum Gasteiger partial charge on any atom is -0.506 e. The van der Waals surface area contributed by atoms with Crippen molar-refractivity contribution in [1.29, 1.82) is 0 Å². The molecule has 128 valence electrons. The van der Waals surface area contributed by atoms with Crippen molar-refractivity contribution in [2.24, 2.45) is 0 Å². The molecule has 0 aliphatic rings. The molecule has 3 aromatic rings. The van der Waals surface area contributed by atoms with Crippen LogP contribution in [0.3, 0.4) is 0 Å². The van der Waals surface area contributed by atoms with Crippen LogP contribution in [0.1, 0.15) is 16.3 Å². The van der Waals surface area contributed by atoms with Crippen molar-refractivity contribution in [3.05, 3.63) is 60.2 Å². The first-order valence-corrected chi connectivity index (χ1v) is 8.22. The van der Waals surface area contributed by atoms with Gasteiger partial charge in [-0.1, -0.05) is 0 Å². The van der Waals surface area contributed by atoms with Gasteiger partial charge >= 0.3 is 0 Å². The number of rotatable bonds is 5. The van der Waals surface area contributed by atoms with E-state index in [9.17, 15) is 22.7 Å². The predicted molar refractivity (Wildman–Crippen MR) is 81.8 cm³/mol. The molecule has 0 saturated carbocycles. The number of aliphatic hydroxyl groups excluding tert-OH is 1. The Kier molecular flexibility index (Phi) is 4.15. The van der Waals surface area contributed by atoms with E-state index in [0.29, 0.717) is 0 Å². The van der Waals surface area contributed by atoms with Gasteiger partial charge in [0.05, 0.1) is 11.1 Å². The SMILES string of the molecule is O=C(C=C(O)c1[nH]ncc1S(=O)(=O)c1ccc(F)cc1)c1ncn[nH]1. The molecule has 11 heteroatoms. The number of aliphatic hydroxyl groups is 1. The number of carbonyl (C=O) groups excluding carboxylic acids is 1. The van der Waals surface area contributed by atoms with Crippen molar-refractivity contribution < 1.29 is 22.7 Å². The predicted octanol–water partition coefficient (Wildman–Crippen LogP) is 1.28. The summed E-state index contributed by atoms with van der Waals surface area (Å²) in [7, 11) is -4.09. The lowest BCUT2D eigenvalue weighted by Gasteiger charge is -2.05. The molecule has 2 heterocycles. The van der Waals surface area contributed by atoms with Crippen LogP contribution < -0.4 is 0 Å². The van der Waals surface area contributed by atoms with E-state index in [1.54, 1.807) is 0 Å². The van der Waals surface area contributed by atoms with E-state index in [2.05, 4.69) is 25.4 Å². The lowest BCUT2D eigenvalue weighted by Crippen LogP contribution is -2.05. The Bertz CT molecular complexity index is 1040. The highest BCUT2D eigenvalue weighted by Gasteiger charge is 2.25. The summed E-state index contributed by atoms with van der Waals surface area (Å²) < 4.78 is 38.2. The lowest BCUT2D eigenvalue weighted by atomic mass is 10.2. The third-order valence-corrected chi connectivity index (χ3v) is 4.97. The van der Waals surface area contributed by atoms with Gasteiger partial charge in [0.25, 0.3) is 0 Å². The first-order valence-electron chi connectivity index (χ1n) is 6.74. The number of allylic oxidation sites excluding steroid dienone is 1. The van der Waals surface area contributed by atoms with Crippen LogP contribution >= 0.6 is 0 Å². The van der Waals surface area contributed by atoms with Crippen LogP contribution in [0, 0.1) is 5.82 Å². The standard InChI is InChI=1S/C14H10FN5O4S/c15-8-1-3-9(4-2-8)25(23,24)12-6-17-19-13(12)10(21)5-11(22)14-16-7-18-20-14/h1-7,21H,(H,17,19)(H,16,18,20). The summed E-state index contributed by atoms with van der Waals surface area (Å²) in [6.45, 7) is 0. The van der Waals surface area contributed by atoms with Crippen LogP contribution in [-0.2, 0) is 9.84 Å². The average molecular weight is 363 g/mol. The van der Waals surface area contributed by atoms with E-state index in [0.717, 1.165) is 42.9 Å². The first-order chi connectivity index (χ1) is 11.9. The highest BCUT2D eigenvalue weighted by atomic mass is 32.2. The van der Waals surface area contributed by atoms with Gasteiger partial charge in [-0.3, -0.25) is 15.0 Å². The maximum absolute atomic E-state index is 13.0. The largest absolute Gasteiger partial charge is 0.506 e. The fourth-order valence-electron chi connectivity index (χ4n) is 1.99. The van der Waals surface area contributed by atoms with Crippen LogP contribution in [0.5, 0.6) is 0 Å². The Morgan fingerprint density at radius 2 is 1.88 bits per heavy atom. The molecule has 0 bridgehead atoms. The van der Waals surface area contributed by atoms with E-state index < -0.39 is 27.2 Å². The van der Waals surface area contributed by atoms with Crippen LogP contribution in [0.15, 0.2) is 52.7 Å². The van der Waals surface area contributed by atoms with Crippen molar-refractivity contribution >= 4 is 21.4 Å². The summed E-state index contributed by atoms with van der Waals surface area (Å²) in [6.07, 6.45) is 2.87. The molecule has 0 radical (unpaired) electrons. The number of aromatic amines is 2. The number of aromatic nitrogens is 5. The average Bonchev–Trinajstić information content (AvgIpc) is 3.27. The highest BCUT2D eigenvalue weighted by molar-refractivity contribution is 7.91. The summed E-state index contributed by atoms with van der Waals surface area (Å²) >= 11 is 0. The summed E-state index contributed by atoms with van der Waals surface area (Å²) in [5.74, 6) is -2.09. The Hall–Kier alpha value is -3.34. The van der Waals surface area contributed by atoms with Gasteiger partial charge in [-0.2, -0.15) is 10.2 Å².